The Balaban J connectivity index is 1.60. The number of benzene rings is 3. The first-order valence-electron chi connectivity index (χ1n) is 9.09. The molecule has 1 unspecified atom stereocenters. The molecule has 28 heavy (non-hydrogen) atoms. The Labute approximate surface area is 162 Å². The quantitative estimate of drug-likeness (QED) is 0.508. The smallest absolute Gasteiger partial charge is 0.254 e. The number of imidazole rings is 1. The number of para-hydroxylation sites is 1. The second-order valence-corrected chi connectivity index (χ2v) is 6.56. The molecule has 0 aliphatic heterocycles. The molecule has 0 spiro atoms. The van der Waals surface area contributed by atoms with Crippen LogP contribution in [0.2, 0.25) is 0 Å². The highest BCUT2D eigenvalue weighted by molar-refractivity contribution is 6.06. The summed E-state index contributed by atoms with van der Waals surface area (Å²) >= 11 is 0. The minimum atomic E-state index is -0.599. The molecule has 1 amide bonds. The summed E-state index contributed by atoms with van der Waals surface area (Å²) in [7, 11) is 0. The summed E-state index contributed by atoms with van der Waals surface area (Å²) < 4.78 is 0. The van der Waals surface area contributed by atoms with Gasteiger partial charge in [-0.15, -0.1) is 0 Å². The molecule has 138 valence electrons. The first-order chi connectivity index (χ1) is 13.7. The maximum Gasteiger partial charge on any atom is 0.254 e. The third-order valence-corrected chi connectivity index (χ3v) is 4.58. The fraction of sp³-hybridized carbons (Fsp3) is 0.0870. The molecular weight excluding hydrogens is 350 g/mol. The van der Waals surface area contributed by atoms with E-state index in [0.717, 1.165) is 22.9 Å². The Hall–Kier alpha value is -3.73. The fourth-order valence-electron chi connectivity index (χ4n) is 3.20. The number of H-pyrrole nitrogens is 1. The number of aromatic amines is 1. The predicted molar refractivity (Wildman–Crippen MR) is 109 cm³/mol. The summed E-state index contributed by atoms with van der Waals surface area (Å²) in [4.78, 5) is 32.2. The molecule has 1 atom stereocenters. The molecule has 0 bridgehead atoms. The standard InChI is InChI=1S/C23H19N3O2/c27-15-18(14-16-8-3-1-4-9-16)24-23(28)19-12-7-13-20-21(19)26-22(25-20)17-10-5-2-6-11-17/h1-13,15,18H,14H2,(H,24,28)(H,25,26). The van der Waals surface area contributed by atoms with Crippen molar-refractivity contribution in [2.24, 2.45) is 0 Å². The summed E-state index contributed by atoms with van der Waals surface area (Å²) in [6, 6.07) is 24.1. The van der Waals surface area contributed by atoms with Crippen LogP contribution in [-0.2, 0) is 11.2 Å². The predicted octanol–water partition coefficient (Wildman–Crippen LogP) is 3.77. The van der Waals surface area contributed by atoms with Gasteiger partial charge in [-0.25, -0.2) is 4.98 Å². The largest absolute Gasteiger partial charge is 0.342 e. The van der Waals surface area contributed by atoms with Gasteiger partial charge in [-0.1, -0.05) is 66.7 Å². The van der Waals surface area contributed by atoms with E-state index in [1.807, 2.05) is 66.7 Å². The Kier molecular flexibility index (Phi) is 4.97. The van der Waals surface area contributed by atoms with E-state index in [9.17, 15) is 9.59 Å². The number of rotatable bonds is 6. The van der Waals surface area contributed by atoms with Crippen LogP contribution >= 0.6 is 0 Å². The number of amides is 1. The van der Waals surface area contributed by atoms with Crippen molar-refractivity contribution in [3.63, 3.8) is 0 Å². The number of nitrogens with one attached hydrogen (secondary N) is 2. The average Bonchev–Trinajstić information content (AvgIpc) is 3.19. The summed E-state index contributed by atoms with van der Waals surface area (Å²) in [5.41, 5.74) is 3.74. The Morgan fingerprint density at radius 2 is 1.68 bits per heavy atom. The minimum absolute atomic E-state index is 0.315. The molecule has 0 fully saturated rings. The second kappa shape index (κ2) is 7.88. The van der Waals surface area contributed by atoms with Crippen molar-refractivity contribution in [1.82, 2.24) is 15.3 Å². The van der Waals surface area contributed by atoms with Gasteiger partial charge in [-0.3, -0.25) is 4.79 Å². The van der Waals surface area contributed by atoms with E-state index in [-0.39, 0.29) is 5.91 Å². The Bertz CT molecular complexity index is 1100. The summed E-state index contributed by atoms with van der Waals surface area (Å²) in [6.07, 6.45) is 1.22. The number of hydrogen-bond donors (Lipinski definition) is 2. The van der Waals surface area contributed by atoms with Crippen LogP contribution in [0.4, 0.5) is 0 Å². The molecule has 2 N–H and O–H groups in total. The van der Waals surface area contributed by atoms with Gasteiger partial charge in [0, 0.05) is 5.56 Å². The normalized spacial score (nSPS) is 11.9. The zero-order valence-corrected chi connectivity index (χ0v) is 15.1. The lowest BCUT2D eigenvalue weighted by molar-refractivity contribution is -0.109. The number of carbonyl (C=O) groups excluding carboxylic acids is 2. The minimum Gasteiger partial charge on any atom is -0.342 e. The van der Waals surface area contributed by atoms with Gasteiger partial charge in [0.25, 0.3) is 5.91 Å². The van der Waals surface area contributed by atoms with Gasteiger partial charge >= 0.3 is 0 Å². The number of aromatic nitrogens is 2. The highest BCUT2D eigenvalue weighted by Gasteiger charge is 2.18. The summed E-state index contributed by atoms with van der Waals surface area (Å²) in [6.45, 7) is 0. The van der Waals surface area contributed by atoms with Crippen LogP contribution in [-0.4, -0.2) is 28.2 Å². The molecular formula is C23H19N3O2. The molecule has 0 radical (unpaired) electrons. The molecule has 0 saturated heterocycles. The molecule has 5 heteroatoms. The third kappa shape index (κ3) is 3.69. The van der Waals surface area contributed by atoms with E-state index >= 15 is 0 Å². The van der Waals surface area contributed by atoms with E-state index in [1.54, 1.807) is 12.1 Å². The van der Waals surface area contributed by atoms with Crippen molar-refractivity contribution in [2.75, 3.05) is 0 Å². The van der Waals surface area contributed by atoms with Gasteiger partial charge < -0.3 is 15.1 Å². The van der Waals surface area contributed by atoms with Gasteiger partial charge in [0.1, 0.15) is 17.6 Å². The molecule has 4 aromatic rings. The zero-order valence-electron chi connectivity index (χ0n) is 15.1. The summed E-state index contributed by atoms with van der Waals surface area (Å²) in [5, 5.41) is 2.81. The fourth-order valence-corrected chi connectivity index (χ4v) is 3.20. The van der Waals surface area contributed by atoms with E-state index in [2.05, 4.69) is 15.3 Å². The lowest BCUT2D eigenvalue weighted by atomic mass is 10.1. The molecule has 4 rings (SSSR count). The summed E-state index contributed by atoms with van der Waals surface area (Å²) in [5.74, 6) is 0.386. The number of fused-ring (bicyclic) bond motifs is 1. The third-order valence-electron chi connectivity index (χ3n) is 4.58. The highest BCUT2D eigenvalue weighted by atomic mass is 16.2. The monoisotopic (exact) mass is 369 g/mol. The maximum absolute atomic E-state index is 12.8. The second-order valence-electron chi connectivity index (χ2n) is 6.56. The number of carbonyl (C=O) groups is 2. The van der Waals surface area contributed by atoms with E-state index in [1.165, 1.54) is 0 Å². The molecule has 5 nitrogen and oxygen atoms in total. The van der Waals surface area contributed by atoms with Gasteiger partial charge in [0.2, 0.25) is 0 Å². The van der Waals surface area contributed by atoms with E-state index in [4.69, 9.17) is 0 Å². The number of hydrogen-bond acceptors (Lipinski definition) is 3. The van der Waals surface area contributed by atoms with Crippen molar-refractivity contribution in [1.29, 1.82) is 0 Å². The van der Waals surface area contributed by atoms with Crippen molar-refractivity contribution in [3.05, 3.63) is 90.0 Å². The first kappa shape index (κ1) is 17.7. The molecule has 1 heterocycles. The van der Waals surface area contributed by atoms with Crippen LogP contribution in [0.15, 0.2) is 78.9 Å². The zero-order chi connectivity index (χ0) is 19.3. The van der Waals surface area contributed by atoms with E-state index < -0.39 is 6.04 Å². The molecule has 0 saturated carbocycles. The highest BCUT2D eigenvalue weighted by Crippen LogP contribution is 2.22. The Morgan fingerprint density at radius 3 is 2.39 bits per heavy atom. The van der Waals surface area contributed by atoms with Crippen molar-refractivity contribution >= 4 is 23.2 Å². The number of aldehydes is 1. The van der Waals surface area contributed by atoms with Gasteiger partial charge in [0.15, 0.2) is 0 Å². The van der Waals surface area contributed by atoms with Crippen LogP contribution in [0.25, 0.3) is 22.4 Å². The van der Waals surface area contributed by atoms with Gasteiger partial charge in [0.05, 0.1) is 17.1 Å². The van der Waals surface area contributed by atoms with Crippen LogP contribution in [0.1, 0.15) is 15.9 Å². The lowest BCUT2D eigenvalue weighted by Crippen LogP contribution is -2.37. The topological polar surface area (TPSA) is 74.8 Å². The van der Waals surface area contributed by atoms with Crippen molar-refractivity contribution in [2.45, 2.75) is 12.5 Å². The molecule has 0 aliphatic carbocycles. The molecule has 3 aromatic carbocycles. The van der Waals surface area contributed by atoms with Gasteiger partial charge in [-0.2, -0.15) is 0 Å². The first-order valence-corrected chi connectivity index (χ1v) is 9.09. The van der Waals surface area contributed by atoms with Gasteiger partial charge in [-0.05, 0) is 24.1 Å². The van der Waals surface area contributed by atoms with Crippen LogP contribution < -0.4 is 5.32 Å². The lowest BCUT2D eigenvalue weighted by Gasteiger charge is -2.13. The van der Waals surface area contributed by atoms with E-state index in [0.29, 0.717) is 23.3 Å². The SMILES string of the molecule is O=CC(Cc1ccccc1)NC(=O)c1cccc2[nH]c(-c3ccccc3)nc12. The molecule has 0 aliphatic rings. The average molecular weight is 369 g/mol. The van der Waals surface area contributed by atoms with Crippen molar-refractivity contribution in [3.8, 4) is 11.4 Å². The Morgan fingerprint density at radius 1 is 0.964 bits per heavy atom. The van der Waals surface area contributed by atoms with Crippen LogP contribution in [0.5, 0.6) is 0 Å². The number of nitrogens with zero attached hydrogens (tertiary/aromatic N) is 1. The van der Waals surface area contributed by atoms with Crippen LogP contribution in [0.3, 0.4) is 0 Å². The maximum atomic E-state index is 12.8. The van der Waals surface area contributed by atoms with Crippen LogP contribution in [0, 0.1) is 0 Å². The molecule has 1 aromatic heterocycles. The van der Waals surface area contributed by atoms with Crippen molar-refractivity contribution < 1.29 is 9.59 Å².